The highest BCUT2D eigenvalue weighted by molar-refractivity contribution is 6.57. The minimum Gasteiger partial charge on any atom is -0.448 e. The smallest absolute Gasteiger partial charge is 0.448 e. The Morgan fingerprint density at radius 3 is 2.44 bits per heavy atom. The van der Waals surface area contributed by atoms with Crippen LogP contribution in [0.4, 0.5) is 12.9 Å². The van der Waals surface area contributed by atoms with Gasteiger partial charge < -0.3 is 12.9 Å². The molecule has 0 saturated carbocycles. The molecule has 0 radical (unpaired) electrons. The van der Waals surface area contributed by atoms with Crippen molar-refractivity contribution in [1.29, 1.82) is 0 Å². The molecule has 0 aliphatic rings. The van der Waals surface area contributed by atoms with Crippen molar-refractivity contribution in [2.24, 2.45) is 0 Å². The molecule has 0 saturated heterocycles. The molecule has 1 aromatic heterocycles. The fourth-order valence-corrected chi connectivity index (χ4v) is 1.34. The maximum Gasteiger partial charge on any atom is 0.499 e. The van der Waals surface area contributed by atoms with Crippen molar-refractivity contribution in [1.82, 2.24) is 15.0 Å². The highest BCUT2D eigenvalue weighted by Crippen LogP contribution is 2.16. The van der Waals surface area contributed by atoms with Crippen LogP contribution in [0.3, 0.4) is 0 Å². The molecule has 0 spiro atoms. The second kappa shape index (κ2) is 4.00. The van der Waals surface area contributed by atoms with Gasteiger partial charge >= 0.3 is 6.98 Å². The molecular formula is C9H8BF3N3-. The Kier molecular flexibility index (Phi) is 2.68. The van der Waals surface area contributed by atoms with E-state index in [1.807, 2.05) is 6.07 Å². The monoisotopic (exact) mass is 226 g/mol. The van der Waals surface area contributed by atoms with Crippen LogP contribution in [0.15, 0.2) is 36.5 Å². The molecular weight excluding hydrogens is 218 g/mol. The Hall–Kier alpha value is -1.79. The van der Waals surface area contributed by atoms with Gasteiger partial charge in [0.15, 0.2) is 0 Å². The molecule has 16 heavy (non-hydrogen) atoms. The van der Waals surface area contributed by atoms with Crippen LogP contribution in [-0.2, 0) is 6.44 Å². The molecule has 3 nitrogen and oxygen atoms in total. The summed E-state index contributed by atoms with van der Waals surface area (Å²) in [6.45, 7) is -4.88. The van der Waals surface area contributed by atoms with Crippen molar-refractivity contribution in [2.45, 2.75) is 6.44 Å². The molecule has 0 aliphatic heterocycles. The van der Waals surface area contributed by atoms with E-state index in [1.165, 1.54) is 6.20 Å². The predicted octanol–water partition coefficient (Wildman–Crippen LogP) is 2.33. The molecule has 0 atom stereocenters. The molecule has 0 fully saturated rings. The summed E-state index contributed by atoms with van der Waals surface area (Å²) in [4.78, 5) is 0. The third-order valence-electron chi connectivity index (χ3n) is 2.00. The van der Waals surface area contributed by atoms with Crippen LogP contribution in [-0.4, -0.2) is 22.0 Å². The van der Waals surface area contributed by atoms with Gasteiger partial charge in [-0.05, 0) is 0 Å². The molecule has 0 bridgehead atoms. The maximum atomic E-state index is 12.1. The zero-order valence-electron chi connectivity index (χ0n) is 8.22. The van der Waals surface area contributed by atoms with Crippen molar-refractivity contribution in [3.05, 3.63) is 36.5 Å². The summed E-state index contributed by atoms with van der Waals surface area (Å²) >= 11 is 0. The van der Waals surface area contributed by atoms with Gasteiger partial charge in [-0.25, -0.2) is 0 Å². The molecule has 7 heteroatoms. The van der Waals surface area contributed by atoms with Gasteiger partial charge in [0.1, 0.15) is 5.69 Å². The number of hydrogen-bond acceptors (Lipinski definition) is 2. The number of halogens is 3. The first-order chi connectivity index (χ1) is 7.54. The first-order valence-corrected chi connectivity index (χ1v) is 4.71. The largest absolute Gasteiger partial charge is 0.499 e. The van der Waals surface area contributed by atoms with Gasteiger partial charge in [-0.3, -0.25) is 4.68 Å². The van der Waals surface area contributed by atoms with E-state index in [4.69, 9.17) is 0 Å². The number of nitrogens with zero attached hydrogens (tertiary/aromatic N) is 3. The molecule has 1 aromatic carbocycles. The molecule has 2 rings (SSSR count). The quantitative estimate of drug-likeness (QED) is 0.752. The van der Waals surface area contributed by atoms with E-state index in [1.54, 1.807) is 24.3 Å². The van der Waals surface area contributed by atoms with Crippen LogP contribution in [0.2, 0.25) is 0 Å². The maximum absolute atomic E-state index is 12.1. The van der Waals surface area contributed by atoms with Crippen LogP contribution in [0.5, 0.6) is 0 Å². The lowest BCUT2D eigenvalue weighted by Crippen LogP contribution is -2.24. The fraction of sp³-hybridized carbons (Fsp3) is 0.111. The highest BCUT2D eigenvalue weighted by atomic mass is 19.4. The minimum atomic E-state index is -4.88. The summed E-state index contributed by atoms with van der Waals surface area (Å²) in [7, 11) is 0. The van der Waals surface area contributed by atoms with Crippen molar-refractivity contribution in [3.63, 3.8) is 0 Å². The van der Waals surface area contributed by atoms with E-state index >= 15 is 0 Å². The number of rotatable bonds is 3. The first kappa shape index (κ1) is 10.7. The van der Waals surface area contributed by atoms with Crippen LogP contribution in [0.25, 0.3) is 11.3 Å². The van der Waals surface area contributed by atoms with Crippen molar-refractivity contribution in [3.8, 4) is 11.3 Å². The van der Waals surface area contributed by atoms with Gasteiger partial charge in [0, 0.05) is 18.2 Å². The Morgan fingerprint density at radius 2 is 1.81 bits per heavy atom. The Morgan fingerprint density at radius 1 is 1.12 bits per heavy atom. The zero-order valence-corrected chi connectivity index (χ0v) is 8.22. The molecule has 2 aromatic rings. The van der Waals surface area contributed by atoms with Gasteiger partial charge in [-0.15, -0.1) is 5.10 Å². The Balaban J connectivity index is 2.21. The van der Waals surface area contributed by atoms with Gasteiger partial charge in [-0.1, -0.05) is 35.5 Å². The number of aromatic nitrogens is 3. The second-order valence-electron chi connectivity index (χ2n) is 3.40. The third-order valence-corrected chi connectivity index (χ3v) is 2.00. The van der Waals surface area contributed by atoms with Gasteiger partial charge in [0.2, 0.25) is 0 Å². The van der Waals surface area contributed by atoms with Crippen molar-refractivity contribution >= 4 is 6.98 Å². The summed E-state index contributed by atoms with van der Waals surface area (Å²) < 4.78 is 37.2. The normalized spacial score (nSPS) is 11.7. The molecule has 1 heterocycles. The van der Waals surface area contributed by atoms with Gasteiger partial charge in [0.05, 0.1) is 0 Å². The van der Waals surface area contributed by atoms with Crippen LogP contribution in [0.1, 0.15) is 0 Å². The van der Waals surface area contributed by atoms with Crippen LogP contribution in [0, 0.1) is 0 Å². The van der Waals surface area contributed by atoms with Crippen LogP contribution >= 0.6 is 0 Å². The summed E-state index contributed by atoms with van der Waals surface area (Å²) in [6, 6.07) is 8.96. The van der Waals surface area contributed by atoms with E-state index < -0.39 is 13.4 Å². The van der Waals surface area contributed by atoms with E-state index in [-0.39, 0.29) is 0 Å². The molecule has 0 N–H and O–H groups in total. The predicted molar refractivity (Wildman–Crippen MR) is 54.5 cm³/mol. The van der Waals surface area contributed by atoms with Crippen molar-refractivity contribution < 1.29 is 12.9 Å². The van der Waals surface area contributed by atoms with E-state index in [0.717, 1.165) is 10.2 Å². The van der Waals surface area contributed by atoms with Gasteiger partial charge in [0.25, 0.3) is 0 Å². The molecule has 84 valence electrons. The third kappa shape index (κ3) is 2.62. The van der Waals surface area contributed by atoms with E-state index in [2.05, 4.69) is 10.3 Å². The average molecular weight is 226 g/mol. The standard InChI is InChI=1S/C9H8BF3N3/c11-10(12,13)7-16-6-9(14-15-16)8-4-2-1-3-5-8/h1-6H,7H2/q-1. The van der Waals surface area contributed by atoms with Gasteiger partial charge in [-0.2, -0.15) is 0 Å². The lowest BCUT2D eigenvalue weighted by Gasteiger charge is -2.11. The summed E-state index contributed by atoms with van der Waals surface area (Å²) in [6.07, 6.45) is 0.240. The first-order valence-electron chi connectivity index (χ1n) is 4.71. The topological polar surface area (TPSA) is 30.7 Å². The summed E-state index contributed by atoms with van der Waals surface area (Å²) in [5, 5.41) is 7.13. The lowest BCUT2D eigenvalue weighted by atomic mass is 9.93. The molecule has 0 unspecified atom stereocenters. The van der Waals surface area contributed by atoms with Crippen LogP contribution < -0.4 is 0 Å². The Labute approximate surface area is 90.0 Å². The Bertz CT molecular complexity index is 466. The lowest BCUT2D eigenvalue weighted by molar-refractivity contribution is 0.433. The molecule has 0 aliphatic carbocycles. The fourth-order valence-electron chi connectivity index (χ4n) is 1.34. The number of hydrogen-bond donors (Lipinski definition) is 0. The highest BCUT2D eigenvalue weighted by Gasteiger charge is 2.24. The van der Waals surface area contributed by atoms with E-state index in [0.29, 0.717) is 5.69 Å². The minimum absolute atomic E-state index is 0.445. The second-order valence-corrected chi connectivity index (χ2v) is 3.40. The zero-order chi connectivity index (χ0) is 11.6. The average Bonchev–Trinajstić information content (AvgIpc) is 2.65. The summed E-state index contributed by atoms with van der Waals surface area (Å²) in [5.41, 5.74) is 1.20. The van der Waals surface area contributed by atoms with Crippen molar-refractivity contribution in [2.75, 3.05) is 0 Å². The summed E-state index contributed by atoms with van der Waals surface area (Å²) in [5.74, 6) is 0. The number of benzene rings is 1. The SMILES string of the molecule is F[B-](F)(F)Cn1cc(-c2ccccc2)nn1. The van der Waals surface area contributed by atoms with E-state index in [9.17, 15) is 12.9 Å². The molecule has 0 amide bonds.